The Kier molecular flexibility index (Phi) is 5.02. The van der Waals surface area contributed by atoms with Crippen LogP contribution in [0.3, 0.4) is 0 Å². The van der Waals surface area contributed by atoms with Crippen LogP contribution in [0.1, 0.15) is 0 Å². The van der Waals surface area contributed by atoms with Crippen molar-refractivity contribution in [3.8, 4) is 11.4 Å². The van der Waals surface area contributed by atoms with E-state index >= 15 is 0 Å². The van der Waals surface area contributed by atoms with Crippen molar-refractivity contribution in [2.75, 3.05) is 51.9 Å². The Labute approximate surface area is 161 Å². The number of piperazine rings is 1. The van der Waals surface area contributed by atoms with E-state index < -0.39 is 0 Å². The number of amides is 1. The molecule has 0 aliphatic carbocycles. The van der Waals surface area contributed by atoms with E-state index in [1.807, 2.05) is 24.3 Å². The summed E-state index contributed by atoms with van der Waals surface area (Å²) in [5.74, 6) is 1.45. The van der Waals surface area contributed by atoms with Crippen LogP contribution in [-0.2, 0) is 9.53 Å². The second-order valence-electron chi connectivity index (χ2n) is 6.37. The van der Waals surface area contributed by atoms with Crippen LogP contribution in [0, 0.1) is 0 Å². The Morgan fingerprint density at radius 3 is 2.71 bits per heavy atom. The van der Waals surface area contributed by atoms with E-state index in [1.165, 1.54) is 13.4 Å². The fraction of sp³-hybridized carbons (Fsp3) is 0.389. The highest BCUT2D eigenvalue weighted by atomic mass is 16.5. The first-order valence-electron chi connectivity index (χ1n) is 8.93. The number of hydrogen-bond donors (Lipinski definition) is 0. The first kappa shape index (κ1) is 18.1. The van der Waals surface area contributed by atoms with Crippen LogP contribution in [0.4, 0.5) is 5.82 Å². The molecule has 3 heterocycles. The van der Waals surface area contributed by atoms with Gasteiger partial charge in [-0.15, -0.1) is 5.10 Å². The second kappa shape index (κ2) is 7.77. The lowest BCUT2D eigenvalue weighted by Gasteiger charge is -2.35. The van der Waals surface area contributed by atoms with Crippen LogP contribution in [0.5, 0.6) is 5.75 Å². The minimum absolute atomic E-state index is 0.000969. The summed E-state index contributed by atoms with van der Waals surface area (Å²) >= 11 is 0. The quantitative estimate of drug-likeness (QED) is 0.629. The Bertz CT molecular complexity index is 982. The van der Waals surface area contributed by atoms with Crippen LogP contribution in [0.2, 0.25) is 0 Å². The molecule has 2 aromatic heterocycles. The minimum atomic E-state index is -0.000969. The third-order valence-electron chi connectivity index (χ3n) is 4.72. The SMILES string of the molecule is COCC(=O)N1CCN(c2ncnc3c2nnn3-c2cccc(OC)c2)CC1. The molecule has 0 unspecified atom stereocenters. The summed E-state index contributed by atoms with van der Waals surface area (Å²) in [6, 6.07) is 7.54. The largest absolute Gasteiger partial charge is 0.497 e. The Hall–Kier alpha value is -3.27. The standard InChI is InChI=1S/C18H21N7O3/c1-27-11-15(26)23-6-8-24(9-7-23)17-16-18(20-12-19-17)25(22-21-16)13-4-3-5-14(10-13)28-2/h3-5,10,12H,6-9,11H2,1-2H3. The fourth-order valence-corrected chi connectivity index (χ4v) is 3.27. The number of fused-ring (bicyclic) bond motifs is 1. The maximum absolute atomic E-state index is 12.0. The molecule has 1 saturated heterocycles. The molecule has 10 nitrogen and oxygen atoms in total. The smallest absolute Gasteiger partial charge is 0.248 e. The van der Waals surface area contributed by atoms with E-state index in [9.17, 15) is 4.79 Å². The van der Waals surface area contributed by atoms with Crippen LogP contribution in [0.15, 0.2) is 30.6 Å². The van der Waals surface area contributed by atoms with E-state index in [0.29, 0.717) is 37.3 Å². The molecular weight excluding hydrogens is 362 g/mol. The van der Waals surface area contributed by atoms with Gasteiger partial charge in [-0.3, -0.25) is 4.79 Å². The van der Waals surface area contributed by atoms with Crippen LogP contribution in [0.25, 0.3) is 16.9 Å². The molecule has 3 aromatic rings. The summed E-state index contributed by atoms with van der Waals surface area (Å²) in [6.45, 7) is 2.64. The molecule has 0 atom stereocenters. The van der Waals surface area contributed by atoms with Gasteiger partial charge in [-0.1, -0.05) is 11.3 Å². The number of aromatic nitrogens is 5. The molecule has 0 saturated carbocycles. The molecule has 1 aliphatic heterocycles. The first-order valence-corrected chi connectivity index (χ1v) is 8.93. The predicted octanol–water partition coefficient (Wildman–Crippen LogP) is 0.514. The maximum atomic E-state index is 12.0. The van der Waals surface area contributed by atoms with Gasteiger partial charge in [-0.2, -0.15) is 4.68 Å². The van der Waals surface area contributed by atoms with Crippen molar-refractivity contribution >= 4 is 22.9 Å². The summed E-state index contributed by atoms with van der Waals surface area (Å²) in [5, 5.41) is 8.58. The molecular formula is C18H21N7O3. The van der Waals surface area contributed by atoms with Crippen molar-refractivity contribution in [1.82, 2.24) is 29.9 Å². The highest BCUT2D eigenvalue weighted by molar-refractivity contribution is 5.84. The van der Waals surface area contributed by atoms with E-state index in [4.69, 9.17) is 9.47 Å². The number of methoxy groups -OCH3 is 2. The Balaban J connectivity index is 1.60. The molecule has 1 aromatic carbocycles. The van der Waals surface area contributed by atoms with Gasteiger partial charge in [0, 0.05) is 39.4 Å². The van der Waals surface area contributed by atoms with Crippen LogP contribution in [-0.4, -0.2) is 82.8 Å². The van der Waals surface area contributed by atoms with Crippen molar-refractivity contribution < 1.29 is 14.3 Å². The van der Waals surface area contributed by atoms with Crippen molar-refractivity contribution in [2.24, 2.45) is 0 Å². The van der Waals surface area contributed by atoms with Gasteiger partial charge < -0.3 is 19.3 Å². The van der Waals surface area contributed by atoms with Gasteiger partial charge in [0.2, 0.25) is 5.91 Å². The molecule has 4 rings (SSSR count). The third-order valence-corrected chi connectivity index (χ3v) is 4.72. The highest BCUT2D eigenvalue weighted by Gasteiger charge is 2.24. The van der Waals surface area contributed by atoms with E-state index in [-0.39, 0.29) is 12.5 Å². The summed E-state index contributed by atoms with van der Waals surface area (Å²) in [5.41, 5.74) is 2.06. The minimum Gasteiger partial charge on any atom is -0.497 e. The normalized spacial score (nSPS) is 14.5. The average Bonchev–Trinajstić information content (AvgIpc) is 3.18. The number of nitrogens with zero attached hydrogens (tertiary/aromatic N) is 7. The molecule has 0 radical (unpaired) electrons. The lowest BCUT2D eigenvalue weighted by atomic mass is 10.3. The summed E-state index contributed by atoms with van der Waals surface area (Å²) < 4.78 is 11.9. The number of carbonyl (C=O) groups excluding carboxylic acids is 1. The van der Waals surface area contributed by atoms with Gasteiger partial charge in [-0.25, -0.2) is 9.97 Å². The molecule has 28 heavy (non-hydrogen) atoms. The van der Waals surface area contributed by atoms with Crippen molar-refractivity contribution in [3.05, 3.63) is 30.6 Å². The fourth-order valence-electron chi connectivity index (χ4n) is 3.27. The number of ether oxygens (including phenoxy) is 2. The summed E-state index contributed by atoms with van der Waals surface area (Å²) in [6.07, 6.45) is 1.51. The molecule has 1 fully saturated rings. The molecule has 1 amide bonds. The van der Waals surface area contributed by atoms with E-state index in [2.05, 4.69) is 25.2 Å². The lowest BCUT2D eigenvalue weighted by molar-refractivity contribution is -0.135. The number of rotatable bonds is 5. The molecule has 1 aliphatic rings. The molecule has 10 heteroatoms. The van der Waals surface area contributed by atoms with E-state index in [0.717, 1.165) is 17.3 Å². The summed E-state index contributed by atoms with van der Waals surface area (Å²) in [7, 11) is 3.15. The topological polar surface area (TPSA) is 98.5 Å². The van der Waals surface area contributed by atoms with Crippen LogP contribution >= 0.6 is 0 Å². The Morgan fingerprint density at radius 1 is 1.14 bits per heavy atom. The molecule has 0 N–H and O–H groups in total. The molecule has 0 spiro atoms. The van der Waals surface area contributed by atoms with Gasteiger partial charge in [0.1, 0.15) is 18.7 Å². The number of hydrogen-bond acceptors (Lipinski definition) is 8. The second-order valence-corrected chi connectivity index (χ2v) is 6.37. The number of benzene rings is 1. The molecule has 0 bridgehead atoms. The van der Waals surface area contributed by atoms with E-state index in [1.54, 1.807) is 16.7 Å². The predicted molar refractivity (Wildman–Crippen MR) is 102 cm³/mol. The van der Waals surface area contributed by atoms with Gasteiger partial charge in [0.05, 0.1) is 12.8 Å². The van der Waals surface area contributed by atoms with Crippen molar-refractivity contribution in [1.29, 1.82) is 0 Å². The number of anilines is 1. The number of carbonyl (C=O) groups is 1. The third kappa shape index (κ3) is 3.33. The van der Waals surface area contributed by atoms with Crippen molar-refractivity contribution in [2.45, 2.75) is 0 Å². The summed E-state index contributed by atoms with van der Waals surface area (Å²) in [4.78, 5) is 24.7. The average molecular weight is 383 g/mol. The lowest BCUT2D eigenvalue weighted by Crippen LogP contribution is -2.50. The zero-order valence-corrected chi connectivity index (χ0v) is 15.8. The molecule has 146 valence electrons. The van der Waals surface area contributed by atoms with Gasteiger partial charge in [-0.05, 0) is 12.1 Å². The maximum Gasteiger partial charge on any atom is 0.248 e. The highest BCUT2D eigenvalue weighted by Crippen LogP contribution is 2.24. The van der Waals surface area contributed by atoms with Crippen LogP contribution < -0.4 is 9.64 Å². The van der Waals surface area contributed by atoms with Gasteiger partial charge in [0.15, 0.2) is 17.0 Å². The zero-order chi connectivity index (χ0) is 19.5. The zero-order valence-electron chi connectivity index (χ0n) is 15.8. The monoisotopic (exact) mass is 383 g/mol. The van der Waals surface area contributed by atoms with Gasteiger partial charge in [0.25, 0.3) is 0 Å². The first-order chi connectivity index (χ1) is 13.7. The van der Waals surface area contributed by atoms with Gasteiger partial charge >= 0.3 is 0 Å². The Morgan fingerprint density at radius 2 is 1.96 bits per heavy atom. The van der Waals surface area contributed by atoms with Crippen molar-refractivity contribution in [3.63, 3.8) is 0 Å².